The molecule has 0 unspecified atom stereocenters. The maximum absolute atomic E-state index is 12.4. The molecule has 2 aromatic rings. The summed E-state index contributed by atoms with van der Waals surface area (Å²) in [7, 11) is 0. The van der Waals surface area contributed by atoms with E-state index in [0.717, 1.165) is 37.6 Å². The molecule has 1 amide bonds. The summed E-state index contributed by atoms with van der Waals surface area (Å²) < 4.78 is 5.75. The second-order valence-corrected chi connectivity index (χ2v) is 7.46. The Morgan fingerprint density at radius 1 is 1.07 bits per heavy atom. The maximum atomic E-state index is 12.4. The van der Waals surface area contributed by atoms with E-state index in [4.69, 9.17) is 16.3 Å². The van der Waals surface area contributed by atoms with Gasteiger partial charge in [-0.05, 0) is 37.3 Å². The summed E-state index contributed by atoms with van der Waals surface area (Å²) in [6.07, 6.45) is 0. The third-order valence-electron chi connectivity index (χ3n) is 5.29. The molecule has 28 heavy (non-hydrogen) atoms. The van der Waals surface area contributed by atoms with Crippen LogP contribution in [0.5, 0.6) is 5.75 Å². The van der Waals surface area contributed by atoms with Crippen molar-refractivity contribution >= 4 is 34.7 Å². The summed E-state index contributed by atoms with van der Waals surface area (Å²) in [4.78, 5) is 29.9. The summed E-state index contributed by atoms with van der Waals surface area (Å²) in [5.41, 5.74) is 2.17. The number of ether oxygens (including phenoxy) is 1. The second kappa shape index (κ2) is 7.81. The number of Topliss-reactive ketones (excluding diaryl/α,β-unsaturated/α-hetero) is 1. The third kappa shape index (κ3) is 3.45. The van der Waals surface area contributed by atoms with Gasteiger partial charge in [-0.25, -0.2) is 0 Å². The number of benzene rings is 2. The average molecular weight is 401 g/mol. The number of nitrogens with zero attached hydrogens (tertiary/aromatic N) is 2. The van der Waals surface area contributed by atoms with Crippen molar-refractivity contribution in [1.82, 2.24) is 0 Å². The van der Waals surface area contributed by atoms with Crippen molar-refractivity contribution in [3.05, 3.63) is 53.1 Å². The van der Waals surface area contributed by atoms with Crippen LogP contribution in [0, 0.1) is 0 Å². The summed E-state index contributed by atoms with van der Waals surface area (Å²) in [5.74, 6) is -0.0327. The van der Waals surface area contributed by atoms with E-state index in [1.807, 2.05) is 25.1 Å². The number of para-hydroxylation sites is 2. The van der Waals surface area contributed by atoms with Crippen LogP contribution in [0.2, 0.25) is 5.02 Å². The van der Waals surface area contributed by atoms with Gasteiger partial charge >= 0.3 is 5.91 Å². The number of ketones is 1. The highest BCUT2D eigenvalue weighted by atomic mass is 35.5. The SMILES string of the molecule is CCOc1ccccc1N1CC[NH+](CN2C(=O)C(=O)c3cc(Cl)ccc32)CC1. The van der Waals surface area contributed by atoms with E-state index in [1.165, 1.54) is 4.90 Å². The standard InChI is InChI=1S/C21H22ClN3O3/c1-2-28-19-6-4-3-5-18(19)24-11-9-23(10-12-24)14-25-17-8-7-15(22)13-16(17)20(26)21(25)27/h3-8,13H,2,9-12,14H2,1H3/p+1. The number of carbonyl (C=O) groups is 2. The highest BCUT2D eigenvalue weighted by molar-refractivity contribution is 6.52. The highest BCUT2D eigenvalue weighted by Crippen LogP contribution is 2.31. The lowest BCUT2D eigenvalue weighted by Gasteiger charge is -2.35. The zero-order chi connectivity index (χ0) is 19.7. The van der Waals surface area contributed by atoms with Gasteiger partial charge in [-0.15, -0.1) is 0 Å². The summed E-state index contributed by atoms with van der Waals surface area (Å²) in [6.45, 7) is 6.59. The topological polar surface area (TPSA) is 54.3 Å². The fourth-order valence-electron chi connectivity index (χ4n) is 3.87. The first-order chi connectivity index (χ1) is 13.6. The van der Waals surface area contributed by atoms with Gasteiger partial charge in [0.2, 0.25) is 0 Å². The fourth-order valence-corrected chi connectivity index (χ4v) is 4.04. The molecule has 1 fully saturated rings. The Morgan fingerprint density at radius 2 is 1.82 bits per heavy atom. The predicted octanol–water partition coefficient (Wildman–Crippen LogP) is 1.63. The lowest BCUT2D eigenvalue weighted by molar-refractivity contribution is -0.899. The molecule has 0 atom stereocenters. The van der Waals surface area contributed by atoms with Crippen LogP contribution in [0.3, 0.4) is 0 Å². The van der Waals surface area contributed by atoms with Gasteiger partial charge in [0.25, 0.3) is 5.78 Å². The molecule has 1 saturated heterocycles. The number of nitrogens with one attached hydrogen (secondary N) is 1. The minimum absolute atomic E-state index is 0.404. The van der Waals surface area contributed by atoms with Crippen LogP contribution in [-0.2, 0) is 4.79 Å². The van der Waals surface area contributed by atoms with Crippen molar-refractivity contribution in [2.75, 3.05) is 49.3 Å². The largest absolute Gasteiger partial charge is 0.492 e. The Bertz CT molecular complexity index is 910. The molecule has 0 bridgehead atoms. The van der Waals surface area contributed by atoms with Crippen molar-refractivity contribution in [1.29, 1.82) is 0 Å². The number of hydrogen-bond acceptors (Lipinski definition) is 4. The molecule has 2 aliphatic rings. The second-order valence-electron chi connectivity index (χ2n) is 7.02. The van der Waals surface area contributed by atoms with Gasteiger partial charge in [0, 0.05) is 5.02 Å². The first-order valence-corrected chi connectivity index (χ1v) is 9.92. The van der Waals surface area contributed by atoms with E-state index < -0.39 is 11.7 Å². The van der Waals surface area contributed by atoms with E-state index in [2.05, 4.69) is 11.0 Å². The lowest BCUT2D eigenvalue weighted by Crippen LogP contribution is -3.16. The monoisotopic (exact) mass is 400 g/mol. The molecule has 0 saturated carbocycles. The number of piperazine rings is 1. The van der Waals surface area contributed by atoms with Gasteiger partial charge in [-0.3, -0.25) is 14.5 Å². The van der Waals surface area contributed by atoms with Crippen molar-refractivity contribution in [2.24, 2.45) is 0 Å². The first kappa shape index (κ1) is 18.8. The van der Waals surface area contributed by atoms with Crippen LogP contribution in [0.4, 0.5) is 11.4 Å². The smallest absolute Gasteiger partial charge is 0.303 e. The molecular weight excluding hydrogens is 378 g/mol. The molecule has 0 aliphatic carbocycles. The van der Waals surface area contributed by atoms with E-state index >= 15 is 0 Å². The van der Waals surface area contributed by atoms with Crippen LogP contribution < -0.4 is 19.4 Å². The van der Waals surface area contributed by atoms with Gasteiger partial charge in [0.05, 0.1) is 49.7 Å². The van der Waals surface area contributed by atoms with E-state index in [-0.39, 0.29) is 0 Å². The maximum Gasteiger partial charge on any atom is 0.303 e. The summed E-state index contributed by atoms with van der Waals surface area (Å²) >= 11 is 5.98. The van der Waals surface area contributed by atoms with Crippen LogP contribution in [-0.4, -0.2) is 51.1 Å². The fraction of sp³-hybridized carbons (Fsp3) is 0.333. The van der Waals surface area contributed by atoms with Crippen LogP contribution in [0.1, 0.15) is 17.3 Å². The van der Waals surface area contributed by atoms with E-state index in [1.54, 1.807) is 23.1 Å². The van der Waals surface area contributed by atoms with Gasteiger partial charge in [0.15, 0.2) is 6.67 Å². The summed E-state index contributed by atoms with van der Waals surface area (Å²) in [6, 6.07) is 13.1. The Labute approximate surface area is 169 Å². The Kier molecular flexibility index (Phi) is 5.24. The zero-order valence-corrected chi connectivity index (χ0v) is 16.5. The number of rotatable bonds is 5. The third-order valence-corrected chi connectivity index (χ3v) is 5.53. The molecule has 4 rings (SSSR count). The number of anilines is 2. The lowest BCUT2D eigenvalue weighted by atomic mass is 10.1. The van der Waals surface area contributed by atoms with Crippen molar-refractivity contribution in [2.45, 2.75) is 6.92 Å². The van der Waals surface area contributed by atoms with Gasteiger partial charge < -0.3 is 14.5 Å². The van der Waals surface area contributed by atoms with E-state index in [9.17, 15) is 9.59 Å². The van der Waals surface area contributed by atoms with Gasteiger partial charge in [-0.1, -0.05) is 23.7 Å². The van der Waals surface area contributed by atoms with Crippen molar-refractivity contribution in [3.8, 4) is 5.75 Å². The van der Waals surface area contributed by atoms with Crippen molar-refractivity contribution < 1.29 is 19.2 Å². The normalized spacial score (nSPS) is 17.2. The summed E-state index contributed by atoms with van der Waals surface area (Å²) in [5, 5.41) is 0.468. The van der Waals surface area contributed by atoms with Gasteiger partial charge in [-0.2, -0.15) is 0 Å². The number of carbonyl (C=O) groups excluding carboxylic acids is 2. The molecule has 1 N–H and O–H groups in total. The molecule has 6 nitrogen and oxygen atoms in total. The van der Waals surface area contributed by atoms with Gasteiger partial charge in [0.1, 0.15) is 5.75 Å². The van der Waals surface area contributed by atoms with Crippen LogP contribution in [0.25, 0.3) is 0 Å². The number of hydrogen-bond donors (Lipinski definition) is 1. The predicted molar refractivity (Wildman–Crippen MR) is 109 cm³/mol. The molecule has 7 heteroatoms. The van der Waals surface area contributed by atoms with Crippen LogP contribution >= 0.6 is 11.6 Å². The highest BCUT2D eigenvalue weighted by Gasteiger charge is 2.38. The molecule has 2 heterocycles. The molecule has 0 spiro atoms. The quantitative estimate of drug-likeness (QED) is 0.775. The Hall–Kier alpha value is -2.57. The minimum atomic E-state index is -0.471. The average Bonchev–Trinajstić information content (AvgIpc) is 2.94. The Morgan fingerprint density at radius 3 is 2.57 bits per heavy atom. The molecule has 2 aromatic carbocycles. The number of halogens is 1. The Balaban J connectivity index is 1.43. The number of fused-ring (bicyclic) bond motifs is 1. The number of quaternary nitrogens is 1. The molecule has 0 radical (unpaired) electrons. The minimum Gasteiger partial charge on any atom is -0.492 e. The molecular formula is C21H23ClN3O3+. The first-order valence-electron chi connectivity index (χ1n) is 9.54. The van der Waals surface area contributed by atoms with Crippen LogP contribution in [0.15, 0.2) is 42.5 Å². The number of amides is 1. The molecule has 146 valence electrons. The zero-order valence-electron chi connectivity index (χ0n) is 15.8. The van der Waals surface area contributed by atoms with Crippen molar-refractivity contribution in [3.63, 3.8) is 0 Å². The molecule has 2 aliphatic heterocycles. The molecule has 0 aromatic heterocycles. The van der Waals surface area contributed by atoms with E-state index in [0.29, 0.717) is 29.5 Å².